The lowest BCUT2D eigenvalue weighted by Gasteiger charge is -2.31. The number of hydrogen-bond donors (Lipinski definition) is 1. The van der Waals surface area contributed by atoms with E-state index in [1.807, 2.05) is 4.90 Å². The molecule has 0 saturated carbocycles. The topological polar surface area (TPSA) is 133 Å². The van der Waals surface area contributed by atoms with E-state index in [-0.39, 0.29) is 28.3 Å². The Labute approximate surface area is 203 Å². The van der Waals surface area contributed by atoms with E-state index in [0.717, 1.165) is 12.8 Å². The zero-order chi connectivity index (χ0) is 24.4. The van der Waals surface area contributed by atoms with Crippen molar-refractivity contribution in [1.82, 2.24) is 9.29 Å². The van der Waals surface area contributed by atoms with E-state index in [9.17, 15) is 18.5 Å². The highest BCUT2D eigenvalue weighted by Crippen LogP contribution is 2.31. The normalized spacial score (nSPS) is 17.4. The van der Waals surface area contributed by atoms with Gasteiger partial charge in [-0.25, -0.2) is 8.42 Å². The van der Waals surface area contributed by atoms with Crippen LogP contribution < -0.4 is 10.2 Å². The smallest absolute Gasteiger partial charge is 0.266 e. The number of carbonyl (C=O) groups excluding carboxylic acids is 1. The van der Waals surface area contributed by atoms with Crippen LogP contribution in [0.15, 0.2) is 56.4 Å². The standard InChI is InChI=1S/C24H25N5O5S/c25-16-20-24(34-23(27-20)21-4-3-15-33-21)28-13-9-17(10-14-28)22(30)26-18-5-7-19(8-6-18)35(31,32)29-11-1-2-12-29/h3-8,15,17H,1-2,9-14H2,(H,26,30). The molecule has 11 heteroatoms. The van der Waals surface area contributed by atoms with E-state index in [0.29, 0.717) is 56.4 Å². The minimum Gasteiger partial charge on any atom is -0.459 e. The zero-order valence-electron chi connectivity index (χ0n) is 19.0. The summed E-state index contributed by atoms with van der Waals surface area (Å²) in [5, 5.41) is 12.4. The lowest BCUT2D eigenvalue weighted by Crippen LogP contribution is -2.38. The largest absolute Gasteiger partial charge is 0.459 e. The molecule has 10 nitrogen and oxygen atoms in total. The summed E-state index contributed by atoms with van der Waals surface area (Å²) in [4.78, 5) is 19.2. The lowest BCUT2D eigenvalue weighted by molar-refractivity contribution is -0.120. The summed E-state index contributed by atoms with van der Waals surface area (Å²) >= 11 is 0. The van der Waals surface area contributed by atoms with Crippen LogP contribution in [-0.2, 0) is 14.8 Å². The molecule has 0 radical (unpaired) electrons. The number of hydrogen-bond acceptors (Lipinski definition) is 8. The first-order valence-corrected chi connectivity index (χ1v) is 13.0. The van der Waals surface area contributed by atoms with Gasteiger partial charge in [0.25, 0.3) is 5.89 Å². The van der Waals surface area contributed by atoms with Gasteiger partial charge in [0.1, 0.15) is 6.07 Å². The Morgan fingerprint density at radius 2 is 1.80 bits per heavy atom. The highest BCUT2D eigenvalue weighted by molar-refractivity contribution is 7.89. The molecule has 0 bridgehead atoms. The van der Waals surface area contributed by atoms with Gasteiger partial charge in [-0.3, -0.25) is 4.79 Å². The van der Waals surface area contributed by atoms with E-state index >= 15 is 0 Å². The highest BCUT2D eigenvalue weighted by Gasteiger charge is 2.30. The Morgan fingerprint density at radius 1 is 1.09 bits per heavy atom. The zero-order valence-corrected chi connectivity index (χ0v) is 19.8. The summed E-state index contributed by atoms with van der Waals surface area (Å²) < 4.78 is 38.0. The first-order chi connectivity index (χ1) is 17.0. The molecule has 2 aliphatic rings. The number of carbonyl (C=O) groups is 1. The van der Waals surface area contributed by atoms with Gasteiger partial charge >= 0.3 is 0 Å². The van der Waals surface area contributed by atoms with Crippen molar-refractivity contribution >= 4 is 27.5 Å². The van der Waals surface area contributed by atoms with E-state index in [4.69, 9.17) is 8.83 Å². The van der Waals surface area contributed by atoms with Gasteiger partial charge in [-0.05, 0) is 62.1 Å². The van der Waals surface area contributed by atoms with Crippen molar-refractivity contribution in [3.63, 3.8) is 0 Å². The molecular formula is C24H25N5O5S. The van der Waals surface area contributed by atoms with Gasteiger partial charge in [0.05, 0.1) is 11.2 Å². The number of nitriles is 1. The van der Waals surface area contributed by atoms with Crippen molar-refractivity contribution < 1.29 is 22.0 Å². The third kappa shape index (κ3) is 4.67. The van der Waals surface area contributed by atoms with E-state index in [2.05, 4.69) is 16.4 Å². The second-order valence-electron chi connectivity index (χ2n) is 8.65. The number of aromatic nitrogens is 1. The van der Waals surface area contributed by atoms with Gasteiger partial charge < -0.3 is 19.1 Å². The molecule has 1 amide bonds. The molecule has 0 unspecified atom stereocenters. The van der Waals surface area contributed by atoms with Crippen LogP contribution in [0.1, 0.15) is 31.4 Å². The number of sulfonamides is 1. The summed E-state index contributed by atoms with van der Waals surface area (Å²) in [6, 6.07) is 11.8. The molecule has 1 aromatic carbocycles. The monoisotopic (exact) mass is 495 g/mol. The van der Waals surface area contributed by atoms with Crippen LogP contribution in [0.4, 0.5) is 11.6 Å². The third-order valence-corrected chi connectivity index (χ3v) is 8.34. The number of anilines is 2. The van der Waals surface area contributed by atoms with Crippen LogP contribution in [0.5, 0.6) is 0 Å². The molecule has 0 aliphatic carbocycles. The first-order valence-electron chi connectivity index (χ1n) is 11.6. The summed E-state index contributed by atoms with van der Waals surface area (Å²) in [7, 11) is -3.48. The van der Waals surface area contributed by atoms with Crippen molar-refractivity contribution in [1.29, 1.82) is 5.26 Å². The SMILES string of the molecule is N#Cc1nc(-c2ccco2)oc1N1CCC(C(=O)Nc2ccc(S(=O)(=O)N3CCCC3)cc2)CC1. The van der Waals surface area contributed by atoms with Crippen molar-refractivity contribution in [2.75, 3.05) is 36.4 Å². The number of nitrogens with one attached hydrogen (secondary N) is 1. The maximum absolute atomic E-state index is 12.8. The molecule has 2 aromatic heterocycles. The summed E-state index contributed by atoms with van der Waals surface area (Å²) in [6.07, 6.45) is 4.43. The van der Waals surface area contributed by atoms with Crippen LogP contribution in [0.2, 0.25) is 0 Å². The fraction of sp³-hybridized carbons (Fsp3) is 0.375. The van der Waals surface area contributed by atoms with Crippen LogP contribution in [0.25, 0.3) is 11.7 Å². The van der Waals surface area contributed by atoms with Crippen LogP contribution in [0.3, 0.4) is 0 Å². The number of rotatable bonds is 6. The molecule has 3 aromatic rings. The fourth-order valence-corrected chi connectivity index (χ4v) is 6.00. The number of nitrogens with zero attached hydrogens (tertiary/aromatic N) is 4. The second-order valence-corrected chi connectivity index (χ2v) is 10.6. The maximum Gasteiger partial charge on any atom is 0.266 e. The summed E-state index contributed by atoms with van der Waals surface area (Å²) in [5.41, 5.74) is 0.742. The average molecular weight is 496 g/mol. The minimum absolute atomic E-state index is 0.117. The fourth-order valence-electron chi connectivity index (χ4n) is 4.48. The van der Waals surface area contributed by atoms with Crippen LogP contribution >= 0.6 is 0 Å². The van der Waals surface area contributed by atoms with E-state index < -0.39 is 10.0 Å². The van der Waals surface area contributed by atoms with Crippen LogP contribution in [0, 0.1) is 17.2 Å². The Balaban J connectivity index is 1.19. The van der Waals surface area contributed by atoms with Gasteiger partial charge in [0, 0.05) is 37.8 Å². The Morgan fingerprint density at radius 3 is 2.43 bits per heavy atom. The van der Waals surface area contributed by atoms with Gasteiger partial charge in [0.15, 0.2) is 5.76 Å². The van der Waals surface area contributed by atoms with Crippen LogP contribution in [-0.4, -0.2) is 49.8 Å². The molecular weight excluding hydrogens is 470 g/mol. The highest BCUT2D eigenvalue weighted by atomic mass is 32.2. The summed E-state index contributed by atoms with van der Waals surface area (Å²) in [6.45, 7) is 2.17. The van der Waals surface area contributed by atoms with Crippen molar-refractivity contribution in [3.05, 3.63) is 48.4 Å². The number of benzene rings is 1. The van der Waals surface area contributed by atoms with Gasteiger partial charge in [-0.1, -0.05) is 0 Å². The number of furan rings is 1. The average Bonchev–Trinajstić information content (AvgIpc) is 3.66. The molecule has 4 heterocycles. The number of piperidine rings is 1. The molecule has 1 N–H and O–H groups in total. The Kier molecular flexibility index (Phi) is 6.32. The molecule has 2 aliphatic heterocycles. The van der Waals surface area contributed by atoms with Crippen molar-refractivity contribution in [2.24, 2.45) is 5.92 Å². The Hall–Kier alpha value is -3.62. The molecule has 5 rings (SSSR count). The van der Waals surface area contributed by atoms with Gasteiger partial charge in [-0.15, -0.1) is 0 Å². The number of amides is 1. The predicted molar refractivity (Wildman–Crippen MR) is 127 cm³/mol. The molecule has 0 atom stereocenters. The van der Waals surface area contributed by atoms with Crippen molar-refractivity contribution in [3.8, 4) is 17.7 Å². The molecule has 2 saturated heterocycles. The molecule has 182 valence electrons. The second kappa shape index (κ2) is 9.56. The first kappa shape index (κ1) is 23.1. The van der Waals surface area contributed by atoms with E-state index in [1.165, 1.54) is 22.7 Å². The lowest BCUT2D eigenvalue weighted by atomic mass is 9.96. The number of oxazole rings is 1. The summed E-state index contributed by atoms with van der Waals surface area (Å²) in [5.74, 6) is 0.747. The third-order valence-electron chi connectivity index (χ3n) is 6.42. The van der Waals surface area contributed by atoms with Gasteiger partial charge in [-0.2, -0.15) is 14.6 Å². The molecule has 35 heavy (non-hydrogen) atoms. The van der Waals surface area contributed by atoms with E-state index in [1.54, 1.807) is 24.3 Å². The molecule has 2 fully saturated rings. The predicted octanol–water partition coefficient (Wildman–Crippen LogP) is 3.45. The quantitative estimate of drug-likeness (QED) is 0.550. The van der Waals surface area contributed by atoms with Crippen molar-refractivity contribution in [2.45, 2.75) is 30.6 Å². The minimum atomic E-state index is -3.48. The maximum atomic E-state index is 12.8. The Bertz CT molecular complexity index is 1330. The molecule has 0 spiro atoms. The van der Waals surface area contributed by atoms with Gasteiger partial charge in [0.2, 0.25) is 27.5 Å².